The Morgan fingerprint density at radius 3 is 2.78 bits per heavy atom. The van der Waals surface area contributed by atoms with Crippen LogP contribution in [0.4, 0.5) is 0 Å². The van der Waals surface area contributed by atoms with Gasteiger partial charge in [0.25, 0.3) is 0 Å². The van der Waals surface area contributed by atoms with Gasteiger partial charge in [-0.1, -0.05) is 33.6 Å². The molecular weight excluding hydrogens is 314 g/mol. The molecule has 2 aromatic carbocycles. The van der Waals surface area contributed by atoms with Crippen LogP contribution in [0.2, 0.25) is 5.02 Å². The highest BCUT2D eigenvalue weighted by molar-refractivity contribution is 9.10. The number of fused-ring (bicyclic) bond motifs is 2. The van der Waals surface area contributed by atoms with Crippen molar-refractivity contribution in [3.63, 3.8) is 0 Å². The molecule has 0 spiro atoms. The van der Waals surface area contributed by atoms with Crippen molar-refractivity contribution in [3.05, 3.63) is 62.3 Å². The van der Waals surface area contributed by atoms with Crippen molar-refractivity contribution in [2.75, 3.05) is 0 Å². The Bertz CT molecular complexity index is 832. The lowest BCUT2D eigenvalue weighted by molar-refractivity contribution is 1.41. The number of pyridine rings is 1. The molecule has 2 nitrogen and oxygen atoms in total. The van der Waals surface area contributed by atoms with E-state index in [2.05, 4.69) is 20.9 Å². The molecule has 0 saturated heterocycles. The van der Waals surface area contributed by atoms with E-state index in [1.54, 1.807) is 24.4 Å². The number of aromatic nitrogens is 1. The van der Waals surface area contributed by atoms with Crippen LogP contribution < -0.4 is 5.43 Å². The highest BCUT2D eigenvalue weighted by Crippen LogP contribution is 2.26. The summed E-state index contributed by atoms with van der Waals surface area (Å²) in [7, 11) is 0. The Balaban J connectivity index is 2.69. The van der Waals surface area contributed by atoms with Gasteiger partial charge in [0.2, 0.25) is 5.43 Å². The lowest BCUT2D eigenvalue weighted by atomic mass is 10.2. The van der Waals surface area contributed by atoms with E-state index in [4.69, 9.17) is 11.6 Å². The van der Waals surface area contributed by atoms with Crippen LogP contribution >= 0.6 is 27.5 Å². The van der Waals surface area contributed by atoms with E-state index < -0.39 is 0 Å². The molecule has 0 fully saturated rings. The molecule has 0 aliphatic rings. The Kier molecular flexibility index (Phi) is 2.80. The van der Waals surface area contributed by atoms with Gasteiger partial charge in [-0.3, -0.25) is 9.78 Å². The summed E-state index contributed by atoms with van der Waals surface area (Å²) in [5.74, 6) is 0. The summed E-state index contributed by atoms with van der Waals surface area (Å²) in [6.45, 7) is 0. The Morgan fingerprint density at radius 2 is 1.94 bits per heavy atom. The van der Waals surface area contributed by atoms with E-state index in [9.17, 15) is 4.79 Å². The van der Waals surface area contributed by atoms with Crippen LogP contribution in [0.5, 0.6) is 0 Å². The van der Waals surface area contributed by atoms with E-state index in [-0.39, 0.29) is 5.43 Å². The Labute approximate surface area is 116 Å². The SMILES string of the molecule is O=c1c2ccc(Cl)cc2c(Br)cc2cccnc12. The second-order valence-corrected chi connectivity index (χ2v) is 5.24. The molecule has 0 saturated carbocycles. The summed E-state index contributed by atoms with van der Waals surface area (Å²) < 4.78 is 0.833. The Hall–Kier alpha value is -1.45. The van der Waals surface area contributed by atoms with Crippen LogP contribution in [-0.2, 0) is 0 Å². The largest absolute Gasteiger partial charge is 0.287 e. The maximum atomic E-state index is 12.4. The highest BCUT2D eigenvalue weighted by atomic mass is 79.9. The predicted molar refractivity (Wildman–Crippen MR) is 78.2 cm³/mol. The summed E-state index contributed by atoms with van der Waals surface area (Å²) >= 11 is 9.47. The van der Waals surface area contributed by atoms with Gasteiger partial charge in [-0.15, -0.1) is 0 Å². The first kappa shape index (κ1) is 11.6. The third-order valence-corrected chi connectivity index (χ3v) is 3.71. The standard InChI is InChI=1S/C14H7BrClNO/c15-12-6-8-2-1-5-17-13(8)14(18)10-4-3-9(16)7-11(10)12/h1-7H. The number of hydrogen-bond donors (Lipinski definition) is 0. The van der Waals surface area contributed by atoms with E-state index in [0.29, 0.717) is 15.9 Å². The van der Waals surface area contributed by atoms with Crippen LogP contribution in [0.1, 0.15) is 0 Å². The van der Waals surface area contributed by atoms with Crippen LogP contribution in [0.25, 0.3) is 21.7 Å². The quantitative estimate of drug-likeness (QED) is 0.622. The van der Waals surface area contributed by atoms with Crippen molar-refractivity contribution in [2.45, 2.75) is 0 Å². The van der Waals surface area contributed by atoms with E-state index in [1.807, 2.05) is 18.2 Å². The molecule has 18 heavy (non-hydrogen) atoms. The van der Waals surface area contributed by atoms with Crippen molar-refractivity contribution in [1.29, 1.82) is 0 Å². The molecule has 4 heteroatoms. The summed E-state index contributed by atoms with van der Waals surface area (Å²) in [6, 6.07) is 10.8. The molecular formula is C14H7BrClNO. The third kappa shape index (κ3) is 1.80. The number of hydrogen-bond acceptors (Lipinski definition) is 2. The van der Waals surface area contributed by atoms with Crippen LogP contribution in [-0.4, -0.2) is 4.98 Å². The van der Waals surface area contributed by atoms with Crippen LogP contribution in [0, 0.1) is 0 Å². The molecule has 0 radical (unpaired) electrons. The zero-order valence-corrected chi connectivity index (χ0v) is 11.5. The molecule has 0 unspecified atom stereocenters. The normalized spacial score (nSPS) is 11.0. The highest BCUT2D eigenvalue weighted by Gasteiger charge is 2.06. The van der Waals surface area contributed by atoms with E-state index in [1.165, 1.54) is 0 Å². The first-order chi connectivity index (χ1) is 8.66. The molecule has 0 atom stereocenters. The minimum Gasteiger partial charge on any atom is -0.287 e. The average molecular weight is 321 g/mol. The Morgan fingerprint density at radius 1 is 1.11 bits per heavy atom. The zero-order chi connectivity index (χ0) is 12.7. The van der Waals surface area contributed by atoms with Gasteiger partial charge in [0.05, 0.1) is 0 Å². The summed E-state index contributed by atoms with van der Waals surface area (Å²) in [5, 5.41) is 2.82. The lowest BCUT2D eigenvalue weighted by Gasteiger charge is -1.95. The fourth-order valence-corrected chi connectivity index (χ4v) is 2.72. The maximum absolute atomic E-state index is 12.4. The number of benzene rings is 1. The van der Waals surface area contributed by atoms with Crippen molar-refractivity contribution >= 4 is 49.2 Å². The molecule has 0 amide bonds. The van der Waals surface area contributed by atoms with Crippen molar-refractivity contribution in [3.8, 4) is 0 Å². The number of nitrogens with zero attached hydrogens (tertiary/aromatic N) is 1. The second kappa shape index (κ2) is 4.34. The summed E-state index contributed by atoms with van der Waals surface area (Å²) in [5.41, 5.74) is 0.387. The van der Waals surface area contributed by atoms with Crippen molar-refractivity contribution < 1.29 is 0 Å². The molecule has 0 N–H and O–H groups in total. The van der Waals surface area contributed by atoms with Gasteiger partial charge < -0.3 is 0 Å². The molecule has 88 valence electrons. The van der Waals surface area contributed by atoms with Gasteiger partial charge in [-0.2, -0.15) is 0 Å². The van der Waals surface area contributed by atoms with Crippen LogP contribution in [0.15, 0.2) is 51.9 Å². The zero-order valence-electron chi connectivity index (χ0n) is 9.15. The molecule has 1 aromatic heterocycles. The topological polar surface area (TPSA) is 30.0 Å². The predicted octanol–water partition coefficient (Wildman–Crippen LogP) is 4.16. The maximum Gasteiger partial charge on any atom is 0.212 e. The minimum absolute atomic E-state index is 0.0806. The monoisotopic (exact) mass is 319 g/mol. The van der Waals surface area contributed by atoms with E-state index >= 15 is 0 Å². The lowest BCUT2D eigenvalue weighted by Crippen LogP contribution is -1.99. The van der Waals surface area contributed by atoms with Gasteiger partial charge in [-0.25, -0.2) is 0 Å². The number of halogens is 2. The third-order valence-electron chi connectivity index (χ3n) is 2.82. The van der Waals surface area contributed by atoms with Gasteiger partial charge in [0, 0.05) is 31.9 Å². The molecule has 3 rings (SSSR count). The van der Waals surface area contributed by atoms with Crippen LogP contribution in [0.3, 0.4) is 0 Å². The smallest absolute Gasteiger partial charge is 0.212 e. The number of rotatable bonds is 0. The van der Waals surface area contributed by atoms with Gasteiger partial charge in [-0.05, 0) is 30.3 Å². The molecule has 3 aromatic rings. The fourth-order valence-electron chi connectivity index (χ4n) is 1.98. The van der Waals surface area contributed by atoms with Crippen molar-refractivity contribution in [2.24, 2.45) is 0 Å². The summed E-state index contributed by atoms with van der Waals surface area (Å²) in [4.78, 5) is 16.6. The van der Waals surface area contributed by atoms with Gasteiger partial charge in [0.1, 0.15) is 5.52 Å². The molecule has 1 heterocycles. The second-order valence-electron chi connectivity index (χ2n) is 3.95. The van der Waals surface area contributed by atoms with Gasteiger partial charge in [0.15, 0.2) is 0 Å². The molecule has 0 aliphatic heterocycles. The average Bonchev–Trinajstić information content (AvgIpc) is 2.47. The first-order valence-corrected chi connectivity index (χ1v) is 6.51. The molecule has 0 aliphatic carbocycles. The van der Waals surface area contributed by atoms with E-state index in [0.717, 1.165) is 15.2 Å². The molecule has 0 bridgehead atoms. The fraction of sp³-hybridized carbons (Fsp3) is 0. The van der Waals surface area contributed by atoms with Crippen molar-refractivity contribution in [1.82, 2.24) is 4.98 Å². The summed E-state index contributed by atoms with van der Waals surface area (Å²) in [6.07, 6.45) is 1.62. The first-order valence-electron chi connectivity index (χ1n) is 5.33. The minimum atomic E-state index is -0.0806. The van der Waals surface area contributed by atoms with Gasteiger partial charge >= 0.3 is 0 Å².